The van der Waals surface area contributed by atoms with E-state index in [0.717, 1.165) is 16.8 Å². The van der Waals surface area contributed by atoms with Crippen molar-refractivity contribution in [2.75, 3.05) is 24.4 Å². The lowest BCUT2D eigenvalue weighted by molar-refractivity contribution is -0.137. The van der Waals surface area contributed by atoms with E-state index in [0.29, 0.717) is 33.9 Å². The fourth-order valence-electron chi connectivity index (χ4n) is 5.67. The van der Waals surface area contributed by atoms with E-state index >= 15 is 0 Å². The third-order valence-corrected chi connectivity index (χ3v) is 8.43. The Kier molecular flexibility index (Phi) is 10.1. The number of ether oxygens (including phenoxy) is 1. The highest BCUT2D eigenvalue weighted by atomic mass is 16.5. The molecule has 0 aliphatic carbocycles. The van der Waals surface area contributed by atoms with Crippen LogP contribution < -0.4 is 20.3 Å². The molecule has 1 aromatic heterocycles. The average molecular weight is 664 g/mol. The van der Waals surface area contributed by atoms with Crippen LogP contribution in [0.4, 0.5) is 16.2 Å². The largest absolute Gasteiger partial charge is 0.495 e. The molecule has 4 aromatic rings. The number of carboxylic acids is 1. The molecule has 0 saturated heterocycles. The van der Waals surface area contributed by atoms with E-state index in [9.17, 15) is 24.3 Å². The molecule has 1 aliphatic rings. The van der Waals surface area contributed by atoms with Gasteiger partial charge in [-0.1, -0.05) is 53.7 Å². The van der Waals surface area contributed by atoms with Crippen LogP contribution in [0.2, 0.25) is 0 Å². The first-order chi connectivity index (χ1) is 23.4. The lowest BCUT2D eigenvalue weighted by atomic mass is 9.85. The van der Waals surface area contributed by atoms with Gasteiger partial charge in [-0.15, -0.1) is 0 Å². The predicted molar refractivity (Wildman–Crippen MR) is 185 cm³/mol. The summed E-state index contributed by atoms with van der Waals surface area (Å²) in [6.45, 7) is 5.06. The van der Waals surface area contributed by atoms with Crippen molar-refractivity contribution < 1.29 is 33.5 Å². The number of methoxy groups -OCH3 is 1. The Hall–Kier alpha value is -6.04. The van der Waals surface area contributed by atoms with Gasteiger partial charge >= 0.3 is 12.0 Å². The number of nitrogens with zero attached hydrogens (tertiary/aromatic N) is 3. The van der Waals surface area contributed by atoms with Gasteiger partial charge in [0.25, 0.3) is 5.91 Å². The van der Waals surface area contributed by atoms with E-state index in [-0.39, 0.29) is 30.3 Å². The summed E-state index contributed by atoms with van der Waals surface area (Å²) in [5.41, 5.74) is 3.66. The summed E-state index contributed by atoms with van der Waals surface area (Å²) in [7, 11) is 3.20. The highest BCUT2D eigenvalue weighted by Crippen LogP contribution is 2.39. The Bertz CT molecular complexity index is 1960. The van der Waals surface area contributed by atoms with Gasteiger partial charge in [0, 0.05) is 31.4 Å². The maximum atomic E-state index is 13.2. The number of para-hydroxylation sites is 1. The number of aliphatic imine (C=N–C) groups is 1. The second-order valence-electron chi connectivity index (χ2n) is 11.8. The lowest BCUT2D eigenvalue weighted by Crippen LogP contribution is -2.31. The van der Waals surface area contributed by atoms with Crippen LogP contribution in [0, 0.1) is 13.8 Å². The summed E-state index contributed by atoms with van der Waals surface area (Å²) in [5.74, 6) is -0.803. The summed E-state index contributed by atoms with van der Waals surface area (Å²) in [5, 5.41) is 18.8. The zero-order chi connectivity index (χ0) is 35.3. The minimum absolute atomic E-state index is 0.0876. The van der Waals surface area contributed by atoms with Crippen molar-refractivity contribution in [2.24, 2.45) is 4.99 Å². The Morgan fingerprint density at radius 2 is 1.76 bits per heavy atom. The molecule has 3 amide bonds. The Morgan fingerprint density at radius 3 is 2.39 bits per heavy atom. The van der Waals surface area contributed by atoms with E-state index < -0.39 is 23.5 Å². The first kappa shape index (κ1) is 34.3. The molecule has 0 radical (unpaired) electrons. The van der Waals surface area contributed by atoms with E-state index in [1.807, 2.05) is 37.3 Å². The van der Waals surface area contributed by atoms with Crippen LogP contribution in [0.1, 0.15) is 64.3 Å². The van der Waals surface area contributed by atoms with Gasteiger partial charge in [-0.25, -0.2) is 4.79 Å². The number of nitrogens with one attached hydrogen (secondary N) is 2. The lowest BCUT2D eigenvalue weighted by Gasteiger charge is -2.23. The molecule has 0 saturated carbocycles. The smallest absolute Gasteiger partial charge is 0.326 e. The molecule has 2 atom stereocenters. The molecule has 0 fully saturated rings. The normalized spacial score (nSPS) is 15.7. The van der Waals surface area contributed by atoms with Crippen molar-refractivity contribution in [3.8, 4) is 5.75 Å². The number of aryl methyl sites for hydroxylation is 2. The van der Waals surface area contributed by atoms with Crippen molar-refractivity contribution >= 4 is 46.9 Å². The molecule has 0 bridgehead atoms. The topological polar surface area (TPSA) is 163 Å². The van der Waals surface area contributed by atoms with Gasteiger partial charge in [-0.3, -0.25) is 24.3 Å². The van der Waals surface area contributed by atoms with Gasteiger partial charge in [0.05, 0.1) is 18.8 Å². The maximum absolute atomic E-state index is 13.2. The van der Waals surface area contributed by atoms with E-state index in [4.69, 9.17) is 9.26 Å². The number of Topliss-reactive ketones (excluding diaryl/α,β-unsaturated/α-hetero) is 1. The van der Waals surface area contributed by atoms with Gasteiger partial charge in [0.2, 0.25) is 0 Å². The number of benzene rings is 3. The highest BCUT2D eigenvalue weighted by Gasteiger charge is 2.38. The van der Waals surface area contributed by atoms with Crippen molar-refractivity contribution in [1.82, 2.24) is 10.5 Å². The molecule has 0 spiro atoms. The van der Waals surface area contributed by atoms with Crippen LogP contribution in [0.5, 0.6) is 5.75 Å². The van der Waals surface area contributed by atoms with Gasteiger partial charge < -0.3 is 25.0 Å². The summed E-state index contributed by atoms with van der Waals surface area (Å²) in [4.78, 5) is 56.6. The number of allylic oxidation sites excluding steroid dienone is 1. The van der Waals surface area contributed by atoms with Crippen LogP contribution in [-0.2, 0) is 15.1 Å². The minimum atomic E-state index is -1.30. The standard InChI is InChI=1S/C37H37N5O7/c1-22-8-6-7-9-32(22)42(4)36(47)40-30-15-12-26(19-33(30)48-5)27-20-37(24(3)43,38-21-27)28-13-10-25(11-14-28)29(16-17-34(44)45)39-35(46)31-18-23(2)49-41-31/h6-15,18-21,29H,16-17H2,1-5H3,(H,39,46)(H,40,47)(H,44,45). The summed E-state index contributed by atoms with van der Waals surface area (Å²) in [6, 6.07) is 20.4. The molecule has 49 heavy (non-hydrogen) atoms. The number of hydrogen-bond acceptors (Lipinski definition) is 8. The zero-order valence-electron chi connectivity index (χ0n) is 27.8. The third kappa shape index (κ3) is 7.43. The monoisotopic (exact) mass is 663 g/mol. The summed E-state index contributed by atoms with van der Waals surface area (Å²) < 4.78 is 10.6. The molecule has 2 unspecified atom stereocenters. The number of carbonyl (C=O) groups is 4. The predicted octanol–water partition coefficient (Wildman–Crippen LogP) is 6.26. The molecule has 1 aliphatic heterocycles. The van der Waals surface area contributed by atoms with Crippen LogP contribution >= 0.6 is 0 Å². The molecular weight excluding hydrogens is 626 g/mol. The van der Waals surface area contributed by atoms with Gasteiger partial charge in [0.1, 0.15) is 11.5 Å². The molecule has 3 aromatic carbocycles. The number of aromatic nitrogens is 1. The van der Waals surface area contributed by atoms with E-state index in [1.54, 1.807) is 62.7 Å². The SMILES string of the molecule is COc1cc(C2=CC(C(C)=O)(c3ccc(C(CCC(=O)O)NC(=O)c4cc(C)on4)cc3)N=C2)ccc1NC(=O)N(C)c1ccccc1C. The fraction of sp³-hybridized carbons (Fsp3) is 0.243. The molecule has 2 heterocycles. The third-order valence-electron chi connectivity index (χ3n) is 8.43. The number of carboxylic acid groups (broad SMARTS) is 1. The zero-order valence-corrected chi connectivity index (χ0v) is 27.8. The second kappa shape index (κ2) is 14.4. The molecule has 3 N–H and O–H groups in total. The molecule has 12 heteroatoms. The second-order valence-corrected chi connectivity index (χ2v) is 11.8. The van der Waals surface area contributed by atoms with Gasteiger partial charge in [0.15, 0.2) is 17.0 Å². The van der Waals surface area contributed by atoms with E-state index in [1.165, 1.54) is 25.0 Å². The molecule has 12 nitrogen and oxygen atoms in total. The number of ketones is 1. The number of hydrogen-bond donors (Lipinski definition) is 3. The number of carbonyl (C=O) groups excluding carboxylic acids is 3. The first-order valence-electron chi connectivity index (χ1n) is 15.6. The number of aliphatic carboxylic acids is 1. The molecule has 252 valence electrons. The van der Waals surface area contributed by atoms with Crippen LogP contribution in [0.15, 0.2) is 88.4 Å². The average Bonchev–Trinajstić information content (AvgIpc) is 3.74. The molecule has 5 rings (SSSR count). The van der Waals surface area contributed by atoms with Crippen molar-refractivity contribution in [3.05, 3.63) is 113 Å². The van der Waals surface area contributed by atoms with Crippen LogP contribution in [-0.4, -0.2) is 54.3 Å². The first-order valence-corrected chi connectivity index (χ1v) is 15.6. The number of anilines is 2. The highest BCUT2D eigenvalue weighted by molar-refractivity contribution is 6.16. The van der Waals surface area contributed by atoms with Crippen molar-refractivity contribution in [3.63, 3.8) is 0 Å². The summed E-state index contributed by atoms with van der Waals surface area (Å²) >= 11 is 0. The molecular formula is C37H37N5O7. The Morgan fingerprint density at radius 1 is 1.02 bits per heavy atom. The van der Waals surface area contributed by atoms with Crippen molar-refractivity contribution in [1.29, 1.82) is 0 Å². The number of rotatable bonds is 12. The maximum Gasteiger partial charge on any atom is 0.326 e. The Balaban J connectivity index is 1.38. The fourth-order valence-corrected chi connectivity index (χ4v) is 5.67. The van der Waals surface area contributed by atoms with Gasteiger partial charge in [-0.05, 0) is 79.3 Å². The minimum Gasteiger partial charge on any atom is -0.495 e. The van der Waals surface area contributed by atoms with Crippen LogP contribution in [0.3, 0.4) is 0 Å². The quantitative estimate of drug-likeness (QED) is 0.160. The number of urea groups is 1. The van der Waals surface area contributed by atoms with E-state index in [2.05, 4.69) is 20.8 Å². The summed E-state index contributed by atoms with van der Waals surface area (Å²) in [6.07, 6.45) is 3.37. The van der Waals surface area contributed by atoms with Crippen molar-refractivity contribution in [2.45, 2.75) is 45.2 Å². The van der Waals surface area contributed by atoms with Crippen LogP contribution in [0.25, 0.3) is 5.57 Å². The number of amides is 3. The van der Waals surface area contributed by atoms with Gasteiger partial charge in [-0.2, -0.15) is 0 Å². The Labute approximate surface area is 283 Å².